The van der Waals surface area contributed by atoms with Crippen LogP contribution < -0.4 is 10.6 Å². The topological polar surface area (TPSA) is 66.9 Å². The molecular formula is C13H12N4O. The molecule has 0 radical (unpaired) electrons. The molecule has 2 N–H and O–H groups in total. The van der Waals surface area contributed by atoms with E-state index < -0.39 is 0 Å². The predicted octanol–water partition coefficient (Wildman–Crippen LogP) is 1.68. The van der Waals surface area contributed by atoms with Crippen LogP contribution in [0.4, 0.5) is 11.6 Å². The Labute approximate surface area is 104 Å². The Bertz CT molecular complexity index is 607. The van der Waals surface area contributed by atoms with Crippen LogP contribution in [-0.4, -0.2) is 22.9 Å². The number of fused-ring (bicyclic) bond motifs is 1. The zero-order chi connectivity index (χ0) is 12.5. The molecule has 3 rings (SSSR count). The number of nitrogens with zero attached hydrogens (tertiary/aromatic N) is 2. The minimum absolute atomic E-state index is 0.0453. The van der Waals surface area contributed by atoms with E-state index >= 15 is 0 Å². The minimum atomic E-state index is 0.0453. The number of amides is 1. The Morgan fingerprint density at radius 3 is 2.72 bits per heavy atom. The van der Waals surface area contributed by atoms with Crippen LogP contribution >= 0.6 is 0 Å². The molecule has 2 aromatic rings. The summed E-state index contributed by atoms with van der Waals surface area (Å²) in [4.78, 5) is 19.6. The highest BCUT2D eigenvalue weighted by atomic mass is 16.1. The summed E-state index contributed by atoms with van der Waals surface area (Å²) in [5.41, 5.74) is 3.88. The lowest BCUT2D eigenvalue weighted by molar-refractivity contribution is -0.115. The maximum atomic E-state index is 11.3. The first kappa shape index (κ1) is 10.7. The zero-order valence-corrected chi connectivity index (χ0v) is 9.90. The maximum absolute atomic E-state index is 11.3. The number of hydrogen-bond acceptors (Lipinski definition) is 4. The third-order valence-corrected chi connectivity index (χ3v) is 2.94. The molecule has 1 amide bonds. The average Bonchev–Trinajstić information content (AvgIpc) is 2.78. The molecule has 1 aromatic heterocycles. The van der Waals surface area contributed by atoms with Gasteiger partial charge >= 0.3 is 0 Å². The highest BCUT2D eigenvalue weighted by Crippen LogP contribution is 2.28. The molecule has 0 fully saturated rings. The van der Waals surface area contributed by atoms with Crippen LogP contribution in [0.2, 0.25) is 0 Å². The first-order valence-electron chi connectivity index (χ1n) is 5.69. The van der Waals surface area contributed by atoms with Crippen molar-refractivity contribution >= 4 is 17.5 Å². The standard InChI is InChI=1S/C13H12N4O/c1-14-13-15-6-10(7-16-13)8-2-3-11-9(4-8)5-12(18)17-11/h2-4,6-7H,5H2,1H3,(H,17,18)(H,14,15,16). The first-order valence-corrected chi connectivity index (χ1v) is 5.69. The molecule has 0 aliphatic carbocycles. The second-order valence-electron chi connectivity index (χ2n) is 4.14. The molecule has 0 bridgehead atoms. The Hall–Kier alpha value is -2.43. The van der Waals surface area contributed by atoms with Gasteiger partial charge in [-0.15, -0.1) is 0 Å². The molecule has 1 aliphatic heterocycles. The van der Waals surface area contributed by atoms with Gasteiger partial charge < -0.3 is 10.6 Å². The molecule has 5 nitrogen and oxygen atoms in total. The van der Waals surface area contributed by atoms with E-state index in [0.717, 1.165) is 22.4 Å². The van der Waals surface area contributed by atoms with E-state index in [4.69, 9.17) is 0 Å². The quantitative estimate of drug-likeness (QED) is 0.838. The highest BCUT2D eigenvalue weighted by molar-refractivity contribution is 5.99. The van der Waals surface area contributed by atoms with E-state index in [1.807, 2.05) is 18.2 Å². The second kappa shape index (κ2) is 4.10. The van der Waals surface area contributed by atoms with E-state index in [1.54, 1.807) is 19.4 Å². The van der Waals surface area contributed by atoms with Gasteiger partial charge in [0, 0.05) is 30.7 Å². The van der Waals surface area contributed by atoms with Gasteiger partial charge in [-0.1, -0.05) is 6.07 Å². The normalized spacial score (nSPS) is 13.1. The lowest BCUT2D eigenvalue weighted by atomic mass is 10.0. The summed E-state index contributed by atoms with van der Waals surface area (Å²) < 4.78 is 0. The molecule has 2 heterocycles. The molecule has 0 saturated heterocycles. The molecule has 1 aliphatic rings. The van der Waals surface area contributed by atoms with Gasteiger partial charge in [-0.2, -0.15) is 0 Å². The summed E-state index contributed by atoms with van der Waals surface area (Å²) >= 11 is 0. The molecule has 1 aromatic carbocycles. The third-order valence-electron chi connectivity index (χ3n) is 2.94. The molecule has 90 valence electrons. The van der Waals surface area contributed by atoms with Crippen LogP contribution in [0.1, 0.15) is 5.56 Å². The average molecular weight is 240 g/mol. The van der Waals surface area contributed by atoms with Crippen LogP contribution in [-0.2, 0) is 11.2 Å². The third kappa shape index (κ3) is 1.79. The van der Waals surface area contributed by atoms with Crippen LogP contribution in [0.3, 0.4) is 0 Å². The van der Waals surface area contributed by atoms with Crippen LogP contribution in [0.5, 0.6) is 0 Å². The number of carbonyl (C=O) groups is 1. The van der Waals surface area contributed by atoms with Crippen molar-refractivity contribution in [2.45, 2.75) is 6.42 Å². The fraction of sp³-hybridized carbons (Fsp3) is 0.154. The molecule has 0 spiro atoms. The van der Waals surface area contributed by atoms with Gasteiger partial charge in [-0.05, 0) is 23.3 Å². The number of rotatable bonds is 2. The Kier molecular flexibility index (Phi) is 2.44. The minimum Gasteiger partial charge on any atom is -0.357 e. The SMILES string of the molecule is CNc1ncc(-c2ccc3c(c2)CC(=O)N3)cn1. The monoisotopic (exact) mass is 240 g/mol. The van der Waals surface area contributed by atoms with E-state index in [2.05, 4.69) is 20.6 Å². The van der Waals surface area contributed by atoms with E-state index in [0.29, 0.717) is 12.4 Å². The summed E-state index contributed by atoms with van der Waals surface area (Å²) in [5, 5.41) is 5.69. The summed E-state index contributed by atoms with van der Waals surface area (Å²) in [6.45, 7) is 0. The van der Waals surface area contributed by atoms with Crippen molar-refractivity contribution in [3.8, 4) is 11.1 Å². The van der Waals surface area contributed by atoms with Crippen molar-refractivity contribution in [3.05, 3.63) is 36.2 Å². The smallest absolute Gasteiger partial charge is 0.228 e. The Morgan fingerprint density at radius 1 is 1.22 bits per heavy atom. The summed E-state index contributed by atoms with van der Waals surface area (Å²) in [6.07, 6.45) is 3.98. The molecule has 0 atom stereocenters. The predicted molar refractivity (Wildman–Crippen MR) is 69.3 cm³/mol. The van der Waals surface area contributed by atoms with Crippen molar-refractivity contribution in [2.75, 3.05) is 17.7 Å². The zero-order valence-electron chi connectivity index (χ0n) is 9.90. The van der Waals surface area contributed by atoms with Gasteiger partial charge in [-0.3, -0.25) is 4.79 Å². The summed E-state index contributed by atoms with van der Waals surface area (Å²) in [7, 11) is 1.78. The van der Waals surface area contributed by atoms with Crippen LogP contribution in [0.25, 0.3) is 11.1 Å². The maximum Gasteiger partial charge on any atom is 0.228 e. The lowest BCUT2D eigenvalue weighted by Gasteiger charge is -2.04. The van der Waals surface area contributed by atoms with Gasteiger partial charge in [0.25, 0.3) is 0 Å². The van der Waals surface area contributed by atoms with Gasteiger partial charge in [-0.25, -0.2) is 9.97 Å². The summed E-state index contributed by atoms with van der Waals surface area (Å²) in [5.74, 6) is 0.640. The fourth-order valence-electron chi connectivity index (χ4n) is 2.02. The van der Waals surface area contributed by atoms with Gasteiger partial charge in [0.15, 0.2) is 0 Å². The molecular weight excluding hydrogens is 228 g/mol. The van der Waals surface area contributed by atoms with Crippen molar-refractivity contribution in [3.63, 3.8) is 0 Å². The Balaban J connectivity index is 1.97. The number of carbonyl (C=O) groups excluding carboxylic acids is 1. The van der Waals surface area contributed by atoms with Crippen molar-refractivity contribution in [1.29, 1.82) is 0 Å². The van der Waals surface area contributed by atoms with Gasteiger partial charge in [0.1, 0.15) is 0 Å². The Morgan fingerprint density at radius 2 is 2.00 bits per heavy atom. The number of aromatic nitrogens is 2. The molecule has 0 unspecified atom stereocenters. The number of anilines is 2. The van der Waals surface area contributed by atoms with E-state index in [1.165, 1.54) is 0 Å². The van der Waals surface area contributed by atoms with Gasteiger partial charge in [0.05, 0.1) is 6.42 Å². The largest absolute Gasteiger partial charge is 0.357 e. The fourth-order valence-corrected chi connectivity index (χ4v) is 2.02. The number of hydrogen-bond donors (Lipinski definition) is 2. The van der Waals surface area contributed by atoms with E-state index in [-0.39, 0.29) is 5.91 Å². The molecule has 0 saturated carbocycles. The van der Waals surface area contributed by atoms with Crippen LogP contribution in [0, 0.1) is 0 Å². The van der Waals surface area contributed by atoms with E-state index in [9.17, 15) is 4.79 Å². The second-order valence-corrected chi connectivity index (χ2v) is 4.14. The van der Waals surface area contributed by atoms with Crippen molar-refractivity contribution in [2.24, 2.45) is 0 Å². The number of benzene rings is 1. The van der Waals surface area contributed by atoms with Crippen LogP contribution in [0.15, 0.2) is 30.6 Å². The van der Waals surface area contributed by atoms with Crippen molar-refractivity contribution in [1.82, 2.24) is 9.97 Å². The lowest BCUT2D eigenvalue weighted by Crippen LogP contribution is -2.03. The molecule has 5 heteroatoms. The molecule has 18 heavy (non-hydrogen) atoms. The summed E-state index contributed by atoms with van der Waals surface area (Å²) in [6, 6.07) is 5.88. The van der Waals surface area contributed by atoms with Gasteiger partial charge in [0.2, 0.25) is 11.9 Å². The highest BCUT2D eigenvalue weighted by Gasteiger charge is 2.17. The first-order chi connectivity index (χ1) is 8.76. The number of nitrogens with one attached hydrogen (secondary N) is 2. The van der Waals surface area contributed by atoms with Crippen molar-refractivity contribution < 1.29 is 4.79 Å².